The maximum Gasteiger partial charge on any atom is 0.0441 e. The number of hydrogen-bond acceptors (Lipinski definition) is 2. The molecule has 0 atom stereocenters. The predicted octanol–water partition coefficient (Wildman–Crippen LogP) is 1.79. The van der Waals surface area contributed by atoms with Crippen LogP contribution in [-0.2, 0) is 0 Å². The minimum Gasteiger partial charge on any atom is -0.294 e. The molecule has 1 fully saturated rings. The molecule has 1 heterocycles. The van der Waals surface area contributed by atoms with E-state index in [0.717, 1.165) is 0 Å². The fourth-order valence-electron chi connectivity index (χ4n) is 1.27. The van der Waals surface area contributed by atoms with Crippen molar-refractivity contribution in [3.63, 3.8) is 0 Å². The molecule has 1 aliphatic rings. The highest BCUT2D eigenvalue weighted by molar-refractivity contribution is 7.98. The Kier molecular flexibility index (Phi) is 3.44. The monoisotopic (exact) mass is 145 g/mol. The third-order valence-corrected chi connectivity index (χ3v) is 2.38. The molecular weight excluding hydrogens is 130 g/mol. The molecule has 0 spiro atoms. The van der Waals surface area contributed by atoms with Crippen molar-refractivity contribution in [1.82, 2.24) is 4.90 Å². The molecule has 0 amide bonds. The van der Waals surface area contributed by atoms with Gasteiger partial charge in [-0.15, -0.1) is 11.8 Å². The van der Waals surface area contributed by atoms with E-state index in [1.165, 1.54) is 38.2 Å². The van der Waals surface area contributed by atoms with Crippen LogP contribution < -0.4 is 0 Å². The van der Waals surface area contributed by atoms with Gasteiger partial charge in [0.25, 0.3) is 0 Å². The Hall–Kier alpha value is 0.310. The molecule has 0 N–H and O–H groups in total. The molecule has 0 unspecified atom stereocenters. The summed E-state index contributed by atoms with van der Waals surface area (Å²) < 4.78 is 0. The Labute approximate surface area is 61.8 Å². The maximum absolute atomic E-state index is 2.54. The van der Waals surface area contributed by atoms with Crippen molar-refractivity contribution >= 4 is 11.8 Å². The van der Waals surface area contributed by atoms with E-state index in [-0.39, 0.29) is 0 Å². The summed E-state index contributed by atoms with van der Waals surface area (Å²) >= 11 is 1.93. The van der Waals surface area contributed by atoms with E-state index in [0.29, 0.717) is 0 Å². The van der Waals surface area contributed by atoms with Crippen molar-refractivity contribution in [2.45, 2.75) is 19.3 Å². The number of piperidine rings is 1. The van der Waals surface area contributed by atoms with Crippen LogP contribution >= 0.6 is 11.8 Å². The lowest BCUT2D eigenvalue weighted by Gasteiger charge is -2.25. The lowest BCUT2D eigenvalue weighted by atomic mass is 10.1. The zero-order valence-corrected chi connectivity index (χ0v) is 6.91. The molecule has 0 aromatic carbocycles. The van der Waals surface area contributed by atoms with Gasteiger partial charge >= 0.3 is 0 Å². The van der Waals surface area contributed by atoms with Gasteiger partial charge in [0.15, 0.2) is 0 Å². The average molecular weight is 145 g/mol. The van der Waals surface area contributed by atoms with Crippen molar-refractivity contribution in [3.05, 3.63) is 0 Å². The zero-order chi connectivity index (χ0) is 6.53. The van der Waals surface area contributed by atoms with Gasteiger partial charge in [-0.25, -0.2) is 0 Å². The number of thioether (sulfide) groups is 1. The first kappa shape index (κ1) is 7.42. The molecule has 0 aliphatic carbocycles. The van der Waals surface area contributed by atoms with E-state index in [1.807, 2.05) is 11.8 Å². The first-order valence-corrected chi connectivity index (χ1v) is 5.04. The van der Waals surface area contributed by atoms with Crippen molar-refractivity contribution in [2.24, 2.45) is 0 Å². The molecule has 0 bridgehead atoms. The van der Waals surface area contributed by atoms with E-state index < -0.39 is 0 Å². The molecule has 1 nitrogen and oxygen atoms in total. The molecule has 1 aliphatic heterocycles. The van der Waals surface area contributed by atoms with E-state index in [4.69, 9.17) is 0 Å². The Morgan fingerprint density at radius 2 is 1.89 bits per heavy atom. The standard InChI is InChI=1S/C7H15NS/c1-9-7-8-5-3-2-4-6-8/h2-7H2,1H3. The minimum atomic E-state index is 1.24. The first-order chi connectivity index (χ1) is 4.43. The van der Waals surface area contributed by atoms with Crippen LogP contribution in [0.2, 0.25) is 0 Å². The second-order valence-electron chi connectivity index (χ2n) is 2.60. The van der Waals surface area contributed by atoms with E-state index >= 15 is 0 Å². The Morgan fingerprint density at radius 3 is 2.44 bits per heavy atom. The van der Waals surface area contributed by atoms with Crippen LogP contribution in [-0.4, -0.2) is 30.1 Å². The highest BCUT2D eigenvalue weighted by Gasteiger charge is 2.07. The lowest BCUT2D eigenvalue weighted by molar-refractivity contribution is 0.266. The molecule has 0 saturated carbocycles. The molecule has 0 aromatic rings. The van der Waals surface area contributed by atoms with Crippen LogP contribution in [0.3, 0.4) is 0 Å². The smallest absolute Gasteiger partial charge is 0.0441 e. The quantitative estimate of drug-likeness (QED) is 0.583. The second-order valence-corrected chi connectivity index (χ2v) is 3.43. The number of rotatable bonds is 2. The highest BCUT2D eigenvalue weighted by atomic mass is 32.2. The predicted molar refractivity (Wildman–Crippen MR) is 43.8 cm³/mol. The Balaban J connectivity index is 2.08. The number of likely N-dealkylation sites (tertiary alicyclic amines) is 1. The summed E-state index contributed by atoms with van der Waals surface area (Å²) in [4.78, 5) is 2.54. The van der Waals surface area contributed by atoms with Crippen LogP contribution in [0.5, 0.6) is 0 Å². The topological polar surface area (TPSA) is 3.24 Å². The Morgan fingerprint density at radius 1 is 1.22 bits per heavy atom. The average Bonchev–Trinajstić information content (AvgIpc) is 1.91. The summed E-state index contributed by atoms with van der Waals surface area (Å²) in [6, 6.07) is 0. The maximum atomic E-state index is 2.54. The summed E-state index contributed by atoms with van der Waals surface area (Å²) in [7, 11) is 0. The van der Waals surface area contributed by atoms with Crippen molar-refractivity contribution in [3.8, 4) is 0 Å². The van der Waals surface area contributed by atoms with Gasteiger partial charge in [0.1, 0.15) is 0 Å². The van der Waals surface area contributed by atoms with Crippen molar-refractivity contribution in [1.29, 1.82) is 0 Å². The van der Waals surface area contributed by atoms with Crippen LogP contribution in [0.4, 0.5) is 0 Å². The van der Waals surface area contributed by atoms with Gasteiger partial charge < -0.3 is 0 Å². The van der Waals surface area contributed by atoms with Gasteiger partial charge in [-0.05, 0) is 32.2 Å². The lowest BCUT2D eigenvalue weighted by Crippen LogP contribution is -2.28. The molecule has 0 radical (unpaired) electrons. The number of hydrogen-bond donors (Lipinski definition) is 0. The summed E-state index contributed by atoms with van der Waals surface area (Å²) in [5.74, 6) is 1.24. The normalized spacial score (nSPS) is 22.3. The number of nitrogens with zero attached hydrogens (tertiary/aromatic N) is 1. The molecule has 1 rings (SSSR count). The molecule has 54 valence electrons. The van der Waals surface area contributed by atoms with E-state index in [2.05, 4.69) is 11.2 Å². The van der Waals surface area contributed by atoms with Crippen LogP contribution in [0.1, 0.15) is 19.3 Å². The zero-order valence-electron chi connectivity index (χ0n) is 6.10. The molecule has 0 aromatic heterocycles. The minimum absolute atomic E-state index is 1.24. The van der Waals surface area contributed by atoms with Gasteiger partial charge in [-0.1, -0.05) is 6.42 Å². The SMILES string of the molecule is CSCN1CCCCC1. The van der Waals surface area contributed by atoms with E-state index in [9.17, 15) is 0 Å². The van der Waals surface area contributed by atoms with Crippen LogP contribution in [0.15, 0.2) is 0 Å². The third kappa shape index (κ3) is 2.59. The second kappa shape index (κ2) is 4.18. The summed E-state index contributed by atoms with van der Waals surface area (Å²) in [6.45, 7) is 2.67. The van der Waals surface area contributed by atoms with Crippen LogP contribution in [0.25, 0.3) is 0 Å². The van der Waals surface area contributed by atoms with Gasteiger partial charge in [-0.3, -0.25) is 4.90 Å². The fraction of sp³-hybridized carbons (Fsp3) is 1.00. The summed E-state index contributed by atoms with van der Waals surface area (Å²) in [5.41, 5.74) is 0. The van der Waals surface area contributed by atoms with Gasteiger partial charge in [0.2, 0.25) is 0 Å². The largest absolute Gasteiger partial charge is 0.294 e. The molecule has 9 heavy (non-hydrogen) atoms. The third-order valence-electron chi connectivity index (χ3n) is 1.76. The van der Waals surface area contributed by atoms with Crippen molar-refractivity contribution < 1.29 is 0 Å². The summed E-state index contributed by atoms with van der Waals surface area (Å²) in [6.07, 6.45) is 6.46. The first-order valence-electron chi connectivity index (χ1n) is 3.65. The Bertz CT molecular complexity index is 66.6. The van der Waals surface area contributed by atoms with Gasteiger partial charge in [-0.2, -0.15) is 0 Å². The van der Waals surface area contributed by atoms with E-state index in [1.54, 1.807) is 0 Å². The molecular formula is C7H15NS. The van der Waals surface area contributed by atoms with Gasteiger partial charge in [0.05, 0.1) is 0 Å². The van der Waals surface area contributed by atoms with Gasteiger partial charge in [0, 0.05) is 5.88 Å². The fourth-order valence-corrected chi connectivity index (χ4v) is 1.89. The van der Waals surface area contributed by atoms with Crippen LogP contribution in [0, 0.1) is 0 Å². The molecule has 1 saturated heterocycles. The molecule has 2 heteroatoms. The highest BCUT2D eigenvalue weighted by Crippen LogP contribution is 2.10. The van der Waals surface area contributed by atoms with Crippen molar-refractivity contribution in [2.75, 3.05) is 25.2 Å². The summed E-state index contributed by atoms with van der Waals surface area (Å²) in [5, 5.41) is 0.